The van der Waals surface area contributed by atoms with Crippen LogP contribution < -0.4 is 5.32 Å². The molecule has 0 radical (unpaired) electrons. The number of anilines is 1. The average molecular weight is 362 g/mol. The van der Waals surface area contributed by atoms with E-state index in [0.717, 1.165) is 28.0 Å². The number of aromatic amines is 1. The van der Waals surface area contributed by atoms with E-state index in [4.69, 9.17) is 11.6 Å². The van der Waals surface area contributed by atoms with Gasteiger partial charge in [-0.3, -0.25) is 4.79 Å². The molecule has 0 saturated carbocycles. The Balaban J connectivity index is 1.53. The van der Waals surface area contributed by atoms with E-state index < -0.39 is 0 Å². The number of aromatic nitrogens is 2. The van der Waals surface area contributed by atoms with Gasteiger partial charge in [-0.05, 0) is 61.0 Å². The molecule has 0 fully saturated rings. The molecule has 0 aliphatic rings. The van der Waals surface area contributed by atoms with Crippen LogP contribution in [0.15, 0.2) is 66.7 Å². The lowest BCUT2D eigenvalue weighted by molar-refractivity contribution is 0.102. The Morgan fingerprint density at radius 3 is 2.54 bits per heavy atom. The average Bonchev–Trinajstić information content (AvgIpc) is 3.08. The van der Waals surface area contributed by atoms with Gasteiger partial charge in [0.1, 0.15) is 5.82 Å². The third kappa shape index (κ3) is 3.19. The summed E-state index contributed by atoms with van der Waals surface area (Å²) in [6.07, 6.45) is 0. The Kier molecular flexibility index (Phi) is 4.19. The number of carbonyl (C=O) groups is 1. The van der Waals surface area contributed by atoms with Gasteiger partial charge in [0.05, 0.1) is 11.0 Å². The number of nitrogens with one attached hydrogen (secondary N) is 2. The van der Waals surface area contributed by atoms with Crippen LogP contribution in [0.25, 0.3) is 22.4 Å². The molecular formula is C21H16ClN3O. The summed E-state index contributed by atoms with van der Waals surface area (Å²) in [7, 11) is 0. The summed E-state index contributed by atoms with van der Waals surface area (Å²) in [5, 5.41) is 3.46. The summed E-state index contributed by atoms with van der Waals surface area (Å²) in [6.45, 7) is 1.90. The summed E-state index contributed by atoms with van der Waals surface area (Å²) in [4.78, 5) is 20.2. The molecule has 4 rings (SSSR count). The summed E-state index contributed by atoms with van der Waals surface area (Å²) in [6, 6.07) is 20.7. The summed E-state index contributed by atoms with van der Waals surface area (Å²) >= 11 is 6.09. The van der Waals surface area contributed by atoms with Crippen molar-refractivity contribution < 1.29 is 4.79 Å². The number of fused-ring (bicyclic) bond motifs is 1. The number of halogens is 1. The highest BCUT2D eigenvalue weighted by molar-refractivity contribution is 6.31. The number of benzene rings is 3. The molecular weight excluding hydrogens is 346 g/mol. The van der Waals surface area contributed by atoms with Crippen molar-refractivity contribution in [3.05, 3.63) is 82.9 Å². The van der Waals surface area contributed by atoms with E-state index in [1.54, 1.807) is 12.1 Å². The van der Waals surface area contributed by atoms with Crippen molar-refractivity contribution in [1.29, 1.82) is 0 Å². The minimum absolute atomic E-state index is 0.191. The number of carbonyl (C=O) groups excluding carboxylic acids is 1. The predicted molar refractivity (Wildman–Crippen MR) is 106 cm³/mol. The van der Waals surface area contributed by atoms with Crippen LogP contribution in [0.3, 0.4) is 0 Å². The number of aryl methyl sites for hydroxylation is 1. The van der Waals surface area contributed by atoms with Gasteiger partial charge in [-0.1, -0.05) is 29.8 Å². The summed E-state index contributed by atoms with van der Waals surface area (Å²) in [5.74, 6) is 0.609. The maximum Gasteiger partial charge on any atom is 0.255 e. The number of hydrogen-bond acceptors (Lipinski definition) is 2. The minimum Gasteiger partial charge on any atom is -0.338 e. The topological polar surface area (TPSA) is 57.8 Å². The van der Waals surface area contributed by atoms with Crippen molar-refractivity contribution in [2.75, 3.05) is 5.32 Å². The Hall–Kier alpha value is -3.11. The van der Waals surface area contributed by atoms with E-state index in [1.807, 2.05) is 61.5 Å². The molecule has 0 bridgehead atoms. The van der Waals surface area contributed by atoms with Crippen molar-refractivity contribution in [2.45, 2.75) is 6.92 Å². The largest absolute Gasteiger partial charge is 0.338 e. The molecule has 0 aliphatic carbocycles. The quantitative estimate of drug-likeness (QED) is 0.510. The molecule has 26 heavy (non-hydrogen) atoms. The van der Waals surface area contributed by atoms with Crippen LogP contribution in [-0.2, 0) is 0 Å². The molecule has 5 heteroatoms. The summed E-state index contributed by atoms with van der Waals surface area (Å²) in [5.41, 5.74) is 5.07. The number of rotatable bonds is 3. The first-order valence-corrected chi connectivity index (χ1v) is 8.61. The third-order valence-electron chi connectivity index (χ3n) is 4.24. The zero-order valence-electron chi connectivity index (χ0n) is 14.1. The first-order chi connectivity index (χ1) is 12.6. The molecule has 1 amide bonds. The highest BCUT2D eigenvalue weighted by Crippen LogP contribution is 2.23. The van der Waals surface area contributed by atoms with Crippen LogP contribution >= 0.6 is 11.6 Å². The number of para-hydroxylation sites is 2. The van der Waals surface area contributed by atoms with Crippen LogP contribution in [-0.4, -0.2) is 15.9 Å². The first kappa shape index (κ1) is 16.4. The van der Waals surface area contributed by atoms with Crippen molar-refractivity contribution in [3.8, 4) is 11.4 Å². The van der Waals surface area contributed by atoms with Crippen molar-refractivity contribution in [3.63, 3.8) is 0 Å². The Bertz CT molecular complexity index is 1070. The zero-order valence-corrected chi connectivity index (χ0v) is 14.8. The van der Waals surface area contributed by atoms with Crippen molar-refractivity contribution in [2.24, 2.45) is 0 Å². The Morgan fingerprint density at radius 1 is 1.04 bits per heavy atom. The van der Waals surface area contributed by atoms with E-state index >= 15 is 0 Å². The lowest BCUT2D eigenvalue weighted by Crippen LogP contribution is -2.11. The van der Waals surface area contributed by atoms with E-state index in [0.29, 0.717) is 16.3 Å². The summed E-state index contributed by atoms with van der Waals surface area (Å²) < 4.78 is 0. The van der Waals surface area contributed by atoms with Gasteiger partial charge < -0.3 is 10.3 Å². The molecule has 128 valence electrons. The SMILES string of the molecule is Cc1ccc(C(=O)Nc2ccc(-c3nc4ccccc4[nH]3)cc2)cc1Cl. The van der Waals surface area contributed by atoms with Gasteiger partial charge in [-0.2, -0.15) is 0 Å². The fourth-order valence-electron chi connectivity index (χ4n) is 2.74. The molecule has 0 spiro atoms. The first-order valence-electron chi connectivity index (χ1n) is 8.23. The number of amides is 1. The molecule has 0 atom stereocenters. The molecule has 4 nitrogen and oxygen atoms in total. The second kappa shape index (κ2) is 6.65. The normalized spacial score (nSPS) is 10.8. The molecule has 0 aliphatic heterocycles. The van der Waals surface area contributed by atoms with Gasteiger partial charge in [0.2, 0.25) is 0 Å². The lowest BCUT2D eigenvalue weighted by atomic mass is 10.1. The number of imidazole rings is 1. The second-order valence-electron chi connectivity index (χ2n) is 6.10. The molecule has 1 aromatic heterocycles. The number of nitrogens with zero attached hydrogens (tertiary/aromatic N) is 1. The molecule has 0 unspecified atom stereocenters. The van der Waals surface area contributed by atoms with Crippen LogP contribution in [0.1, 0.15) is 15.9 Å². The van der Waals surface area contributed by atoms with E-state index in [9.17, 15) is 4.79 Å². The highest BCUT2D eigenvalue weighted by atomic mass is 35.5. The highest BCUT2D eigenvalue weighted by Gasteiger charge is 2.09. The van der Waals surface area contributed by atoms with Gasteiger partial charge in [0.25, 0.3) is 5.91 Å². The van der Waals surface area contributed by atoms with Crippen molar-refractivity contribution >= 4 is 34.2 Å². The maximum atomic E-state index is 12.4. The van der Waals surface area contributed by atoms with E-state index in [1.165, 1.54) is 0 Å². The number of hydrogen-bond donors (Lipinski definition) is 2. The van der Waals surface area contributed by atoms with Gasteiger partial charge >= 0.3 is 0 Å². The number of H-pyrrole nitrogens is 1. The second-order valence-corrected chi connectivity index (χ2v) is 6.51. The van der Waals surface area contributed by atoms with Crippen LogP contribution in [0, 0.1) is 6.92 Å². The fraction of sp³-hybridized carbons (Fsp3) is 0.0476. The third-order valence-corrected chi connectivity index (χ3v) is 4.65. The van der Waals surface area contributed by atoms with Crippen LogP contribution in [0.4, 0.5) is 5.69 Å². The van der Waals surface area contributed by atoms with Gasteiger partial charge in [-0.15, -0.1) is 0 Å². The van der Waals surface area contributed by atoms with E-state index in [-0.39, 0.29) is 5.91 Å². The monoisotopic (exact) mass is 361 g/mol. The zero-order chi connectivity index (χ0) is 18.1. The van der Waals surface area contributed by atoms with Gasteiger partial charge in [0.15, 0.2) is 0 Å². The standard InChI is InChI=1S/C21H16ClN3O/c1-13-6-7-15(12-17(13)22)21(26)23-16-10-8-14(9-11-16)20-24-18-4-2-3-5-19(18)25-20/h2-12H,1H3,(H,23,26)(H,24,25). The van der Waals surface area contributed by atoms with Crippen LogP contribution in [0.5, 0.6) is 0 Å². The van der Waals surface area contributed by atoms with Crippen LogP contribution in [0.2, 0.25) is 5.02 Å². The molecule has 1 heterocycles. The lowest BCUT2D eigenvalue weighted by Gasteiger charge is -2.07. The van der Waals surface area contributed by atoms with Gasteiger partial charge in [0, 0.05) is 21.8 Å². The van der Waals surface area contributed by atoms with E-state index in [2.05, 4.69) is 15.3 Å². The maximum absolute atomic E-state index is 12.4. The molecule has 4 aromatic rings. The minimum atomic E-state index is -0.191. The molecule has 0 saturated heterocycles. The molecule has 3 aromatic carbocycles. The molecule has 2 N–H and O–H groups in total. The predicted octanol–water partition coefficient (Wildman–Crippen LogP) is 5.44. The smallest absolute Gasteiger partial charge is 0.255 e. The van der Waals surface area contributed by atoms with Gasteiger partial charge in [-0.25, -0.2) is 4.98 Å². The Labute approximate surface area is 155 Å². The van der Waals surface area contributed by atoms with Crippen molar-refractivity contribution in [1.82, 2.24) is 9.97 Å². The Morgan fingerprint density at radius 2 is 1.81 bits per heavy atom. The fourth-order valence-corrected chi connectivity index (χ4v) is 2.92.